The van der Waals surface area contributed by atoms with E-state index < -0.39 is 35.5 Å². The van der Waals surface area contributed by atoms with Gasteiger partial charge in [-0.05, 0) is 56.0 Å². The number of hydrogen-bond donors (Lipinski definition) is 3. The highest BCUT2D eigenvalue weighted by molar-refractivity contribution is 6.07. The van der Waals surface area contributed by atoms with Crippen LogP contribution in [0.4, 0.5) is 4.79 Å². The number of nitrogens with zero attached hydrogens (tertiary/aromatic N) is 1. The molecule has 2 unspecified atom stereocenters. The Kier molecular flexibility index (Phi) is 9.62. The summed E-state index contributed by atoms with van der Waals surface area (Å²) in [5.41, 5.74) is 1.34. The smallest absolute Gasteiger partial charge is 0.411 e. The lowest BCUT2D eigenvalue weighted by Gasteiger charge is -2.39. The maximum Gasteiger partial charge on any atom is 0.411 e. The third-order valence-corrected chi connectivity index (χ3v) is 6.00. The van der Waals surface area contributed by atoms with Crippen LogP contribution < -0.4 is 5.32 Å². The maximum atomic E-state index is 13.9. The monoisotopic (exact) mass is 518 g/mol. The third kappa shape index (κ3) is 7.91. The molecule has 0 spiro atoms. The molecule has 3 aromatic carbocycles. The first-order valence-electron chi connectivity index (χ1n) is 12.4. The van der Waals surface area contributed by atoms with E-state index in [1.165, 1.54) is 12.1 Å². The Morgan fingerprint density at radius 3 is 1.92 bits per heavy atom. The van der Waals surface area contributed by atoms with E-state index in [1.807, 2.05) is 36.4 Å². The fraction of sp³-hybridized carbons (Fsp3) is 0.300. The number of ketones is 1. The van der Waals surface area contributed by atoms with Gasteiger partial charge in [-0.3, -0.25) is 9.69 Å². The Balaban J connectivity index is 1.89. The van der Waals surface area contributed by atoms with Gasteiger partial charge in [0.15, 0.2) is 11.8 Å². The summed E-state index contributed by atoms with van der Waals surface area (Å²) in [6.45, 7) is 5.23. The van der Waals surface area contributed by atoms with E-state index in [0.29, 0.717) is 6.54 Å². The van der Waals surface area contributed by atoms with Gasteiger partial charge in [0.25, 0.3) is 0 Å². The molecule has 8 nitrogen and oxygen atoms in total. The van der Waals surface area contributed by atoms with Crippen molar-refractivity contribution < 1.29 is 29.3 Å². The Morgan fingerprint density at radius 2 is 1.39 bits per heavy atom. The zero-order valence-corrected chi connectivity index (χ0v) is 21.8. The number of carboxylic acids is 1. The molecule has 0 aromatic heterocycles. The molecule has 0 aliphatic heterocycles. The Morgan fingerprint density at radius 1 is 0.842 bits per heavy atom. The average molecular weight is 519 g/mol. The van der Waals surface area contributed by atoms with Crippen molar-refractivity contribution >= 4 is 17.8 Å². The molecule has 0 saturated heterocycles. The lowest BCUT2D eigenvalue weighted by Crippen LogP contribution is -2.61. The molecular weight excluding hydrogens is 484 g/mol. The summed E-state index contributed by atoms with van der Waals surface area (Å²) in [5, 5.41) is 23.1. The van der Waals surface area contributed by atoms with Crippen molar-refractivity contribution in [3.8, 4) is 5.75 Å². The number of carboxylic acid groups (broad SMARTS) is 1. The molecule has 0 heterocycles. The van der Waals surface area contributed by atoms with Crippen molar-refractivity contribution in [2.75, 3.05) is 0 Å². The van der Waals surface area contributed by atoms with E-state index in [9.17, 15) is 24.6 Å². The Labute approximate surface area is 222 Å². The minimum absolute atomic E-state index is 0.0595. The number of benzene rings is 3. The van der Waals surface area contributed by atoms with Gasteiger partial charge in [0, 0.05) is 12.1 Å². The van der Waals surface area contributed by atoms with Crippen molar-refractivity contribution in [3.63, 3.8) is 0 Å². The van der Waals surface area contributed by atoms with Gasteiger partial charge < -0.3 is 20.3 Å². The van der Waals surface area contributed by atoms with E-state index in [2.05, 4.69) is 5.32 Å². The minimum atomic E-state index is -1.79. The van der Waals surface area contributed by atoms with E-state index in [4.69, 9.17) is 4.74 Å². The number of amides is 1. The number of aliphatic carboxylic acids is 1. The standard InChI is InChI=1S/C30H34N2O6/c1-30(2,3)32(29(37)38-20-23-12-8-5-9-13-23)26(28(35)36)27(34)25(18-21-14-16-24(33)17-15-21)31-19-22-10-6-4-7-11-22/h4-17,25-26,31,33H,18-20H2,1-3H3,(H,35,36). The molecule has 1 amide bonds. The summed E-state index contributed by atoms with van der Waals surface area (Å²) < 4.78 is 5.46. The number of carbonyl (C=O) groups excluding carboxylic acids is 2. The number of Topliss-reactive ketones (excluding diaryl/α,β-unsaturated/α-hetero) is 1. The zero-order valence-electron chi connectivity index (χ0n) is 21.8. The van der Waals surface area contributed by atoms with Crippen LogP contribution in [-0.2, 0) is 33.9 Å². The van der Waals surface area contributed by atoms with Crippen LogP contribution >= 0.6 is 0 Å². The lowest BCUT2D eigenvalue weighted by atomic mass is 9.93. The van der Waals surface area contributed by atoms with Gasteiger partial charge >= 0.3 is 12.1 Å². The molecule has 0 saturated carbocycles. The summed E-state index contributed by atoms with van der Waals surface area (Å²) >= 11 is 0. The summed E-state index contributed by atoms with van der Waals surface area (Å²) in [5.74, 6) is -2.04. The third-order valence-electron chi connectivity index (χ3n) is 6.00. The van der Waals surface area contributed by atoms with E-state index in [0.717, 1.165) is 21.6 Å². The summed E-state index contributed by atoms with van der Waals surface area (Å²) in [6, 6.07) is 22.1. The highest BCUT2D eigenvalue weighted by Gasteiger charge is 2.45. The first-order chi connectivity index (χ1) is 18.1. The van der Waals surface area contributed by atoms with E-state index in [-0.39, 0.29) is 18.8 Å². The first kappa shape index (κ1) is 28.4. The molecule has 200 valence electrons. The van der Waals surface area contributed by atoms with Gasteiger partial charge in [-0.25, -0.2) is 9.59 Å². The molecular formula is C30H34N2O6. The van der Waals surface area contributed by atoms with Crippen LogP contribution in [0.25, 0.3) is 0 Å². The van der Waals surface area contributed by atoms with Crippen LogP contribution in [0.2, 0.25) is 0 Å². The zero-order chi connectivity index (χ0) is 27.7. The van der Waals surface area contributed by atoms with Crippen molar-refractivity contribution in [1.29, 1.82) is 0 Å². The molecule has 2 atom stereocenters. The van der Waals surface area contributed by atoms with Gasteiger partial charge in [0.2, 0.25) is 0 Å². The second-order valence-electron chi connectivity index (χ2n) is 10.0. The summed E-state index contributed by atoms with van der Waals surface area (Å²) in [4.78, 5) is 40.7. The Bertz CT molecular complexity index is 1210. The normalized spacial score (nSPS) is 12.8. The number of carbonyl (C=O) groups is 3. The van der Waals surface area contributed by atoms with Crippen LogP contribution in [0.15, 0.2) is 84.9 Å². The predicted octanol–water partition coefficient (Wildman–Crippen LogP) is 4.55. The van der Waals surface area contributed by atoms with Gasteiger partial charge in [-0.1, -0.05) is 72.8 Å². The fourth-order valence-electron chi connectivity index (χ4n) is 4.08. The molecule has 3 N–H and O–H groups in total. The number of phenolic OH excluding ortho intramolecular Hbond substituents is 1. The fourth-order valence-corrected chi connectivity index (χ4v) is 4.08. The largest absolute Gasteiger partial charge is 0.508 e. The van der Waals surface area contributed by atoms with Crippen molar-refractivity contribution in [2.24, 2.45) is 0 Å². The first-order valence-corrected chi connectivity index (χ1v) is 12.4. The maximum absolute atomic E-state index is 13.9. The highest BCUT2D eigenvalue weighted by Crippen LogP contribution is 2.23. The Hall–Kier alpha value is -4.17. The molecule has 3 aromatic rings. The number of hydrogen-bond acceptors (Lipinski definition) is 6. The van der Waals surface area contributed by atoms with E-state index in [1.54, 1.807) is 57.2 Å². The molecule has 38 heavy (non-hydrogen) atoms. The topological polar surface area (TPSA) is 116 Å². The molecule has 0 aliphatic rings. The van der Waals surface area contributed by atoms with Crippen molar-refractivity contribution in [1.82, 2.24) is 10.2 Å². The molecule has 0 aliphatic carbocycles. The van der Waals surface area contributed by atoms with Crippen LogP contribution in [-0.4, -0.2) is 50.6 Å². The summed E-state index contributed by atoms with van der Waals surface area (Å²) in [7, 11) is 0. The quantitative estimate of drug-likeness (QED) is 0.319. The molecule has 3 rings (SSSR count). The number of rotatable bonds is 11. The van der Waals surface area contributed by atoms with Crippen LogP contribution in [0.1, 0.15) is 37.5 Å². The van der Waals surface area contributed by atoms with Gasteiger partial charge in [-0.2, -0.15) is 0 Å². The number of ether oxygens (including phenoxy) is 1. The van der Waals surface area contributed by atoms with Crippen LogP contribution in [0, 0.1) is 0 Å². The second-order valence-corrected chi connectivity index (χ2v) is 10.0. The lowest BCUT2D eigenvalue weighted by molar-refractivity contribution is -0.150. The van der Waals surface area contributed by atoms with Gasteiger partial charge in [0.1, 0.15) is 12.4 Å². The molecule has 0 bridgehead atoms. The average Bonchev–Trinajstić information content (AvgIpc) is 2.89. The SMILES string of the molecule is CC(C)(C)N(C(=O)OCc1ccccc1)C(C(=O)O)C(=O)C(Cc1ccc(O)cc1)NCc1ccccc1. The molecule has 0 radical (unpaired) electrons. The predicted molar refractivity (Wildman–Crippen MR) is 144 cm³/mol. The molecule has 0 fully saturated rings. The highest BCUT2D eigenvalue weighted by atomic mass is 16.6. The minimum Gasteiger partial charge on any atom is -0.508 e. The summed E-state index contributed by atoms with van der Waals surface area (Å²) in [6.07, 6.45) is -0.735. The number of phenols is 1. The van der Waals surface area contributed by atoms with Crippen LogP contribution in [0.5, 0.6) is 5.75 Å². The van der Waals surface area contributed by atoms with Gasteiger partial charge in [-0.15, -0.1) is 0 Å². The molecule has 8 heteroatoms. The van der Waals surface area contributed by atoms with Crippen LogP contribution in [0.3, 0.4) is 0 Å². The van der Waals surface area contributed by atoms with E-state index >= 15 is 0 Å². The van der Waals surface area contributed by atoms with Crippen molar-refractivity contribution in [3.05, 3.63) is 102 Å². The second kappa shape index (κ2) is 12.9. The number of aromatic hydroxyl groups is 1. The van der Waals surface area contributed by atoms with Gasteiger partial charge in [0.05, 0.1) is 6.04 Å². The van der Waals surface area contributed by atoms with Crippen molar-refractivity contribution in [2.45, 2.75) is 58.0 Å². The number of nitrogens with one attached hydrogen (secondary N) is 1.